The Morgan fingerprint density at radius 1 is 1.06 bits per heavy atom. The summed E-state index contributed by atoms with van der Waals surface area (Å²) in [6.45, 7) is 8.84. The first-order valence-electron chi connectivity index (χ1n) is 6.30. The van der Waals surface area contributed by atoms with E-state index in [4.69, 9.17) is 5.73 Å². The maximum absolute atomic E-state index is 6.47. The molecule has 1 aromatic heterocycles. The van der Waals surface area contributed by atoms with Crippen molar-refractivity contribution in [2.75, 3.05) is 0 Å². The predicted octanol–water partition coefficient (Wildman–Crippen LogP) is 4.40. The van der Waals surface area contributed by atoms with Gasteiger partial charge in [0.05, 0.1) is 6.04 Å². The predicted molar refractivity (Wildman–Crippen MR) is 80.2 cm³/mol. The van der Waals surface area contributed by atoms with Gasteiger partial charge in [-0.3, -0.25) is 0 Å². The van der Waals surface area contributed by atoms with E-state index < -0.39 is 0 Å². The van der Waals surface area contributed by atoms with Gasteiger partial charge < -0.3 is 5.73 Å². The van der Waals surface area contributed by atoms with E-state index in [2.05, 4.69) is 63.4 Å². The van der Waals surface area contributed by atoms with Gasteiger partial charge in [0.15, 0.2) is 0 Å². The van der Waals surface area contributed by atoms with Gasteiger partial charge >= 0.3 is 0 Å². The Kier molecular flexibility index (Phi) is 3.60. The molecule has 1 heterocycles. The first kappa shape index (κ1) is 13.3. The maximum Gasteiger partial charge on any atom is 0.0565 e. The summed E-state index contributed by atoms with van der Waals surface area (Å²) >= 11 is 1.76. The Labute approximate surface area is 114 Å². The Balaban J connectivity index is 2.49. The third-order valence-electron chi connectivity index (χ3n) is 3.34. The Morgan fingerprint density at radius 3 is 2.28 bits per heavy atom. The van der Waals surface area contributed by atoms with E-state index >= 15 is 0 Å². The van der Waals surface area contributed by atoms with Crippen molar-refractivity contribution in [2.24, 2.45) is 5.73 Å². The molecular formula is C16H21NS. The highest BCUT2D eigenvalue weighted by atomic mass is 32.1. The molecule has 0 amide bonds. The SMILES string of the molecule is Cc1sccc1C(N)c1ccccc1C(C)(C)C. The molecule has 2 N–H and O–H groups in total. The van der Waals surface area contributed by atoms with Crippen molar-refractivity contribution in [3.05, 3.63) is 57.3 Å². The van der Waals surface area contributed by atoms with E-state index in [-0.39, 0.29) is 11.5 Å². The Morgan fingerprint density at radius 2 is 1.72 bits per heavy atom. The number of benzene rings is 1. The van der Waals surface area contributed by atoms with Gasteiger partial charge in [0.2, 0.25) is 0 Å². The molecule has 0 saturated heterocycles. The molecule has 2 aromatic rings. The third-order valence-corrected chi connectivity index (χ3v) is 4.20. The van der Waals surface area contributed by atoms with Crippen LogP contribution in [-0.4, -0.2) is 0 Å². The van der Waals surface area contributed by atoms with Crippen molar-refractivity contribution in [1.29, 1.82) is 0 Å². The summed E-state index contributed by atoms with van der Waals surface area (Å²) < 4.78 is 0. The lowest BCUT2D eigenvalue weighted by molar-refractivity contribution is 0.578. The second kappa shape index (κ2) is 4.87. The van der Waals surface area contributed by atoms with Crippen molar-refractivity contribution in [3.8, 4) is 0 Å². The van der Waals surface area contributed by atoms with Crippen LogP contribution in [0.5, 0.6) is 0 Å². The van der Waals surface area contributed by atoms with Crippen LogP contribution < -0.4 is 5.73 Å². The van der Waals surface area contributed by atoms with Crippen molar-refractivity contribution in [3.63, 3.8) is 0 Å². The molecular weight excluding hydrogens is 238 g/mol. The van der Waals surface area contributed by atoms with Crippen LogP contribution in [0.4, 0.5) is 0 Å². The van der Waals surface area contributed by atoms with Crippen LogP contribution in [0.15, 0.2) is 35.7 Å². The molecule has 18 heavy (non-hydrogen) atoms. The lowest BCUT2D eigenvalue weighted by Crippen LogP contribution is -2.20. The molecule has 2 heteroatoms. The Hall–Kier alpha value is -1.12. The van der Waals surface area contributed by atoms with Crippen LogP contribution in [-0.2, 0) is 5.41 Å². The molecule has 0 radical (unpaired) electrons. The zero-order valence-electron chi connectivity index (χ0n) is 11.5. The fraction of sp³-hybridized carbons (Fsp3) is 0.375. The van der Waals surface area contributed by atoms with Crippen LogP contribution in [0.2, 0.25) is 0 Å². The molecule has 0 fully saturated rings. The smallest absolute Gasteiger partial charge is 0.0565 e. The summed E-state index contributed by atoms with van der Waals surface area (Å²) in [6.07, 6.45) is 0. The molecule has 96 valence electrons. The molecule has 2 rings (SSSR count). The van der Waals surface area contributed by atoms with Crippen LogP contribution in [0.25, 0.3) is 0 Å². The Bertz CT molecular complexity index is 534. The van der Waals surface area contributed by atoms with Gasteiger partial charge in [-0.15, -0.1) is 11.3 Å². The summed E-state index contributed by atoms with van der Waals surface area (Å²) in [6, 6.07) is 10.6. The third kappa shape index (κ3) is 2.50. The average molecular weight is 259 g/mol. The average Bonchev–Trinajstić information content (AvgIpc) is 2.73. The van der Waals surface area contributed by atoms with Gasteiger partial charge in [-0.1, -0.05) is 45.0 Å². The van der Waals surface area contributed by atoms with Crippen molar-refractivity contribution in [1.82, 2.24) is 0 Å². The topological polar surface area (TPSA) is 26.0 Å². The van der Waals surface area contributed by atoms with E-state index in [9.17, 15) is 0 Å². The monoisotopic (exact) mass is 259 g/mol. The minimum absolute atomic E-state index is 0.0216. The normalized spacial score (nSPS) is 13.6. The summed E-state index contributed by atoms with van der Waals surface area (Å²) in [5, 5.41) is 2.12. The van der Waals surface area contributed by atoms with E-state index in [0.717, 1.165) is 0 Å². The fourth-order valence-electron chi connectivity index (χ4n) is 2.34. The molecule has 1 unspecified atom stereocenters. The van der Waals surface area contributed by atoms with E-state index in [0.29, 0.717) is 0 Å². The van der Waals surface area contributed by atoms with Crippen molar-refractivity contribution in [2.45, 2.75) is 39.2 Å². The highest BCUT2D eigenvalue weighted by Crippen LogP contribution is 2.33. The van der Waals surface area contributed by atoms with Crippen molar-refractivity contribution < 1.29 is 0 Å². The number of thiophene rings is 1. The van der Waals surface area contributed by atoms with Gasteiger partial charge in [-0.2, -0.15) is 0 Å². The molecule has 0 aliphatic carbocycles. The summed E-state index contributed by atoms with van der Waals surface area (Å²) in [5.41, 5.74) is 10.4. The fourth-order valence-corrected chi connectivity index (χ4v) is 3.09. The molecule has 0 saturated carbocycles. The summed E-state index contributed by atoms with van der Waals surface area (Å²) in [4.78, 5) is 1.31. The molecule has 1 aromatic carbocycles. The minimum atomic E-state index is -0.0216. The van der Waals surface area contributed by atoms with Gasteiger partial charge in [-0.25, -0.2) is 0 Å². The maximum atomic E-state index is 6.47. The van der Waals surface area contributed by atoms with E-state index in [1.165, 1.54) is 21.6 Å². The lowest BCUT2D eigenvalue weighted by atomic mass is 9.81. The number of nitrogens with two attached hydrogens (primary N) is 1. The molecule has 0 spiro atoms. The summed E-state index contributed by atoms with van der Waals surface area (Å²) in [7, 11) is 0. The molecule has 1 atom stereocenters. The number of hydrogen-bond donors (Lipinski definition) is 1. The van der Waals surface area contributed by atoms with E-state index in [1.54, 1.807) is 11.3 Å². The van der Waals surface area contributed by atoms with Gasteiger partial charge in [0.25, 0.3) is 0 Å². The molecule has 1 nitrogen and oxygen atoms in total. The van der Waals surface area contributed by atoms with E-state index in [1.807, 2.05) is 0 Å². The van der Waals surface area contributed by atoms with Gasteiger partial charge in [-0.05, 0) is 40.5 Å². The lowest BCUT2D eigenvalue weighted by Gasteiger charge is -2.26. The standard InChI is InChI=1S/C16H21NS/c1-11-12(9-10-18-11)15(17)13-7-5-6-8-14(13)16(2,3)4/h5-10,15H,17H2,1-4H3. The molecule has 0 aliphatic rings. The van der Waals surface area contributed by atoms with Crippen LogP contribution in [0.1, 0.15) is 48.4 Å². The number of rotatable bonds is 2. The number of hydrogen-bond acceptors (Lipinski definition) is 2. The number of aryl methyl sites for hydroxylation is 1. The van der Waals surface area contributed by atoms with Crippen LogP contribution in [0.3, 0.4) is 0 Å². The first-order chi connectivity index (χ1) is 8.41. The van der Waals surface area contributed by atoms with Crippen LogP contribution in [0, 0.1) is 6.92 Å². The summed E-state index contributed by atoms with van der Waals surface area (Å²) in [5.74, 6) is 0. The van der Waals surface area contributed by atoms with Gasteiger partial charge in [0, 0.05) is 4.88 Å². The zero-order valence-corrected chi connectivity index (χ0v) is 12.3. The zero-order chi connectivity index (χ0) is 13.3. The largest absolute Gasteiger partial charge is 0.320 e. The minimum Gasteiger partial charge on any atom is -0.320 e. The second-order valence-electron chi connectivity index (χ2n) is 5.75. The molecule has 0 bridgehead atoms. The van der Waals surface area contributed by atoms with Crippen molar-refractivity contribution >= 4 is 11.3 Å². The first-order valence-corrected chi connectivity index (χ1v) is 7.18. The second-order valence-corrected chi connectivity index (χ2v) is 6.87. The molecule has 0 aliphatic heterocycles. The van der Waals surface area contributed by atoms with Crippen LogP contribution >= 0.6 is 11.3 Å². The quantitative estimate of drug-likeness (QED) is 0.850. The highest BCUT2D eigenvalue weighted by molar-refractivity contribution is 7.10. The van der Waals surface area contributed by atoms with Gasteiger partial charge in [0.1, 0.15) is 0 Å². The highest BCUT2D eigenvalue weighted by Gasteiger charge is 2.22.